The van der Waals surface area contributed by atoms with Crippen LogP contribution in [0.1, 0.15) is 16.7 Å². The van der Waals surface area contributed by atoms with Gasteiger partial charge in [-0.15, -0.1) is 11.3 Å². The Balaban J connectivity index is 1.65. The number of thiophene rings is 1. The molecule has 0 atom stereocenters. The van der Waals surface area contributed by atoms with Gasteiger partial charge in [-0.05, 0) is 22.6 Å². The molecule has 108 valence electrons. The topological polar surface area (TPSA) is 60.9 Å². The Morgan fingerprint density at radius 1 is 1.05 bits per heavy atom. The third-order valence-electron chi connectivity index (χ3n) is 3.41. The fraction of sp³-hybridized carbons (Fsp3) is 0.188. The van der Waals surface area contributed by atoms with Crippen LogP contribution in [0.25, 0.3) is 10.6 Å². The summed E-state index contributed by atoms with van der Waals surface area (Å²) in [7, 11) is 0. The summed E-state index contributed by atoms with van der Waals surface area (Å²) in [5.74, 6) is 0. The van der Waals surface area contributed by atoms with Crippen molar-refractivity contribution in [3.63, 3.8) is 0 Å². The second kappa shape index (κ2) is 6.67. The number of nitrogens with one attached hydrogen (secondary N) is 2. The van der Waals surface area contributed by atoms with Crippen molar-refractivity contribution < 1.29 is 5.11 Å². The molecule has 0 bridgehead atoms. The van der Waals surface area contributed by atoms with Gasteiger partial charge in [0.1, 0.15) is 0 Å². The number of aliphatic hydroxyl groups excluding tert-OH is 1. The van der Waals surface area contributed by atoms with E-state index in [1.54, 1.807) is 11.3 Å². The van der Waals surface area contributed by atoms with Crippen molar-refractivity contribution in [2.45, 2.75) is 19.7 Å². The van der Waals surface area contributed by atoms with E-state index in [9.17, 15) is 5.11 Å². The van der Waals surface area contributed by atoms with Crippen LogP contribution < -0.4 is 5.32 Å². The summed E-state index contributed by atoms with van der Waals surface area (Å²) in [4.78, 5) is 1.19. The normalized spacial score (nSPS) is 10.9. The number of H-pyrrole nitrogens is 1. The van der Waals surface area contributed by atoms with E-state index >= 15 is 0 Å². The summed E-state index contributed by atoms with van der Waals surface area (Å²) in [5, 5.41) is 22.0. The molecule has 0 unspecified atom stereocenters. The van der Waals surface area contributed by atoms with Gasteiger partial charge in [0.15, 0.2) is 0 Å². The van der Waals surface area contributed by atoms with Crippen LogP contribution in [0, 0.1) is 0 Å². The van der Waals surface area contributed by atoms with E-state index in [-0.39, 0.29) is 6.61 Å². The van der Waals surface area contributed by atoms with Gasteiger partial charge >= 0.3 is 0 Å². The van der Waals surface area contributed by atoms with E-state index in [1.807, 2.05) is 36.5 Å². The summed E-state index contributed by atoms with van der Waals surface area (Å²) in [5.41, 5.74) is 4.32. The van der Waals surface area contributed by atoms with Gasteiger partial charge in [0, 0.05) is 18.7 Å². The molecule has 4 nitrogen and oxygen atoms in total. The highest BCUT2D eigenvalue weighted by atomic mass is 32.1. The average Bonchev–Trinajstić information content (AvgIpc) is 3.18. The second-order valence-electron chi connectivity index (χ2n) is 4.78. The molecule has 0 spiro atoms. The molecular weight excluding hydrogens is 282 g/mol. The molecule has 0 radical (unpaired) electrons. The van der Waals surface area contributed by atoms with E-state index < -0.39 is 0 Å². The van der Waals surface area contributed by atoms with Crippen LogP contribution in [0.5, 0.6) is 0 Å². The van der Waals surface area contributed by atoms with Gasteiger partial charge in [0.05, 0.1) is 23.4 Å². The monoisotopic (exact) mass is 299 g/mol. The first-order chi connectivity index (χ1) is 10.4. The van der Waals surface area contributed by atoms with Gasteiger partial charge in [0.25, 0.3) is 0 Å². The molecule has 1 aromatic carbocycles. The van der Waals surface area contributed by atoms with Crippen molar-refractivity contribution in [2.75, 3.05) is 0 Å². The van der Waals surface area contributed by atoms with Crippen LogP contribution in [0.2, 0.25) is 0 Å². The maximum atomic E-state index is 9.33. The maximum absolute atomic E-state index is 9.33. The average molecular weight is 299 g/mol. The molecule has 3 rings (SSSR count). The molecule has 0 fully saturated rings. The lowest BCUT2D eigenvalue weighted by molar-refractivity contribution is 0.280. The number of nitrogens with zero attached hydrogens (tertiary/aromatic N) is 1. The highest BCUT2D eigenvalue weighted by molar-refractivity contribution is 7.13. The first-order valence-corrected chi connectivity index (χ1v) is 7.71. The molecule has 0 saturated heterocycles. The first-order valence-electron chi connectivity index (χ1n) is 6.83. The van der Waals surface area contributed by atoms with Crippen molar-refractivity contribution in [2.24, 2.45) is 0 Å². The molecule has 2 heterocycles. The van der Waals surface area contributed by atoms with Crippen molar-refractivity contribution in [1.82, 2.24) is 15.5 Å². The molecule has 5 heteroatoms. The molecular formula is C16H17N3OS. The van der Waals surface area contributed by atoms with Gasteiger partial charge in [-0.2, -0.15) is 5.10 Å². The Morgan fingerprint density at radius 2 is 1.86 bits per heavy atom. The molecule has 0 amide bonds. The van der Waals surface area contributed by atoms with Crippen molar-refractivity contribution in [3.8, 4) is 10.6 Å². The van der Waals surface area contributed by atoms with Gasteiger partial charge in [-0.25, -0.2) is 0 Å². The number of hydrogen-bond donors (Lipinski definition) is 3. The van der Waals surface area contributed by atoms with Gasteiger partial charge < -0.3 is 10.4 Å². The highest BCUT2D eigenvalue weighted by Gasteiger charge is 2.08. The zero-order chi connectivity index (χ0) is 14.5. The van der Waals surface area contributed by atoms with Crippen LogP contribution in [-0.2, 0) is 19.7 Å². The summed E-state index contributed by atoms with van der Waals surface area (Å²) in [6, 6.07) is 12.0. The number of aromatic nitrogens is 2. The van der Waals surface area contributed by atoms with Gasteiger partial charge in [-0.1, -0.05) is 30.3 Å². The third kappa shape index (κ3) is 3.21. The first kappa shape index (κ1) is 14.0. The third-order valence-corrected chi connectivity index (χ3v) is 4.29. The molecule has 0 aliphatic carbocycles. The Hall–Kier alpha value is -1.95. The Morgan fingerprint density at radius 3 is 2.62 bits per heavy atom. The fourth-order valence-corrected chi connectivity index (χ4v) is 3.05. The second-order valence-corrected chi connectivity index (χ2v) is 5.73. The fourth-order valence-electron chi connectivity index (χ4n) is 2.30. The van der Waals surface area contributed by atoms with Crippen LogP contribution in [0.15, 0.2) is 48.0 Å². The lowest BCUT2D eigenvalue weighted by atomic mass is 10.1. The minimum atomic E-state index is 0.0734. The standard InChI is InChI=1S/C16H17N3OS/c20-11-13-5-2-1-4-12(13)8-17-9-14-10-18-19-16(14)15-6-3-7-21-15/h1-7,10,17,20H,8-9,11H2,(H,18,19). The lowest BCUT2D eigenvalue weighted by Crippen LogP contribution is -2.14. The largest absolute Gasteiger partial charge is 0.392 e. The number of rotatable bonds is 6. The molecule has 0 aliphatic rings. The van der Waals surface area contributed by atoms with Crippen LogP contribution >= 0.6 is 11.3 Å². The van der Waals surface area contributed by atoms with Crippen LogP contribution in [-0.4, -0.2) is 15.3 Å². The Labute approximate surface area is 127 Å². The molecule has 0 aliphatic heterocycles. The molecule has 21 heavy (non-hydrogen) atoms. The highest BCUT2D eigenvalue weighted by Crippen LogP contribution is 2.25. The van der Waals surface area contributed by atoms with E-state index in [0.29, 0.717) is 0 Å². The summed E-state index contributed by atoms with van der Waals surface area (Å²) >= 11 is 1.70. The van der Waals surface area contributed by atoms with Gasteiger partial charge in [0.2, 0.25) is 0 Å². The predicted octanol–water partition coefficient (Wildman–Crippen LogP) is 2.92. The van der Waals surface area contributed by atoms with E-state index in [4.69, 9.17) is 0 Å². The minimum Gasteiger partial charge on any atom is -0.392 e. The van der Waals surface area contributed by atoms with Crippen LogP contribution in [0.3, 0.4) is 0 Å². The Bertz CT molecular complexity index is 691. The quantitative estimate of drug-likeness (QED) is 0.656. The number of hydrogen-bond acceptors (Lipinski definition) is 4. The van der Waals surface area contributed by atoms with E-state index in [2.05, 4.69) is 27.0 Å². The van der Waals surface area contributed by atoms with Crippen molar-refractivity contribution in [1.29, 1.82) is 0 Å². The summed E-state index contributed by atoms with van der Waals surface area (Å²) in [6.07, 6.45) is 1.86. The minimum absolute atomic E-state index is 0.0734. The summed E-state index contributed by atoms with van der Waals surface area (Å²) in [6.45, 7) is 1.54. The van der Waals surface area contributed by atoms with Crippen molar-refractivity contribution >= 4 is 11.3 Å². The van der Waals surface area contributed by atoms with Gasteiger partial charge in [-0.3, -0.25) is 5.10 Å². The molecule has 0 saturated carbocycles. The zero-order valence-corrected chi connectivity index (χ0v) is 12.4. The summed E-state index contributed by atoms with van der Waals surface area (Å²) < 4.78 is 0. The smallest absolute Gasteiger partial charge is 0.0794 e. The van der Waals surface area contributed by atoms with E-state index in [1.165, 1.54) is 4.88 Å². The van der Waals surface area contributed by atoms with E-state index in [0.717, 1.165) is 35.5 Å². The maximum Gasteiger partial charge on any atom is 0.0794 e. The molecule has 3 N–H and O–H groups in total. The number of aromatic amines is 1. The van der Waals surface area contributed by atoms with Crippen molar-refractivity contribution in [3.05, 3.63) is 64.7 Å². The SMILES string of the molecule is OCc1ccccc1CNCc1cn[nH]c1-c1cccs1. The predicted molar refractivity (Wildman–Crippen MR) is 84.8 cm³/mol. The van der Waals surface area contributed by atoms with Crippen LogP contribution in [0.4, 0.5) is 0 Å². The molecule has 2 aromatic heterocycles. The Kier molecular flexibility index (Phi) is 4.45. The zero-order valence-electron chi connectivity index (χ0n) is 11.5. The molecule has 3 aromatic rings. The number of benzene rings is 1. The lowest BCUT2D eigenvalue weighted by Gasteiger charge is -2.08. The number of aliphatic hydroxyl groups is 1.